The average Bonchev–Trinajstić information content (AvgIpc) is 3.26. The summed E-state index contributed by atoms with van der Waals surface area (Å²) in [7, 11) is 0. The maximum absolute atomic E-state index is 12.2. The highest BCUT2D eigenvalue weighted by atomic mass is 16.4. The number of rotatable bonds is 6. The Morgan fingerprint density at radius 3 is 2.52 bits per heavy atom. The van der Waals surface area contributed by atoms with E-state index < -0.39 is 5.97 Å². The van der Waals surface area contributed by atoms with Gasteiger partial charge in [-0.25, -0.2) is 4.79 Å². The van der Waals surface area contributed by atoms with Crippen LogP contribution in [0.2, 0.25) is 0 Å². The Morgan fingerprint density at radius 1 is 1.33 bits per heavy atom. The molecule has 1 saturated carbocycles. The van der Waals surface area contributed by atoms with Crippen LogP contribution in [0.5, 0.6) is 0 Å². The van der Waals surface area contributed by atoms with Crippen molar-refractivity contribution >= 4 is 17.7 Å². The van der Waals surface area contributed by atoms with E-state index in [1.807, 2.05) is 0 Å². The number of nitrogens with one attached hydrogen (secondary N) is 1. The maximum atomic E-state index is 12.2. The molecule has 2 rings (SSSR count). The van der Waals surface area contributed by atoms with Crippen LogP contribution in [0, 0.1) is 11.3 Å². The highest BCUT2D eigenvalue weighted by molar-refractivity contribution is 5.90. The number of carboxylic acids is 1. The van der Waals surface area contributed by atoms with Gasteiger partial charge in [0.25, 0.3) is 0 Å². The maximum Gasteiger partial charge on any atom is 0.322 e. The first-order chi connectivity index (χ1) is 10.1. The average molecular weight is 287 g/mol. The van der Waals surface area contributed by atoms with Gasteiger partial charge >= 0.3 is 12.0 Å². The number of nitrogens with zero attached hydrogens (tertiary/aromatic N) is 2. The van der Waals surface area contributed by atoms with Gasteiger partial charge in [0.1, 0.15) is 0 Å². The van der Waals surface area contributed by atoms with E-state index >= 15 is 0 Å². The molecule has 1 aliphatic rings. The van der Waals surface area contributed by atoms with Gasteiger partial charge in [-0.1, -0.05) is 12.1 Å². The van der Waals surface area contributed by atoms with Crippen molar-refractivity contribution in [1.29, 1.82) is 5.26 Å². The van der Waals surface area contributed by atoms with Crippen molar-refractivity contribution < 1.29 is 14.7 Å². The molecule has 6 nitrogen and oxygen atoms in total. The van der Waals surface area contributed by atoms with E-state index in [0.717, 1.165) is 18.4 Å². The lowest BCUT2D eigenvalue weighted by Crippen LogP contribution is -2.38. The van der Waals surface area contributed by atoms with Crippen LogP contribution in [0.25, 0.3) is 0 Å². The van der Waals surface area contributed by atoms with Gasteiger partial charge in [-0.2, -0.15) is 5.26 Å². The lowest BCUT2D eigenvalue weighted by Gasteiger charge is -2.22. The van der Waals surface area contributed by atoms with Crippen LogP contribution >= 0.6 is 0 Å². The fourth-order valence-electron chi connectivity index (χ4n) is 2.04. The summed E-state index contributed by atoms with van der Waals surface area (Å²) < 4.78 is 0. The summed E-state index contributed by atoms with van der Waals surface area (Å²) >= 11 is 0. The number of benzene rings is 1. The molecule has 21 heavy (non-hydrogen) atoms. The molecule has 6 heteroatoms. The van der Waals surface area contributed by atoms with Gasteiger partial charge in [0, 0.05) is 18.3 Å². The van der Waals surface area contributed by atoms with E-state index in [4.69, 9.17) is 10.4 Å². The quantitative estimate of drug-likeness (QED) is 0.839. The first kappa shape index (κ1) is 14.9. The standard InChI is InChI=1S/C15H17N3O3/c16-9-7-11-1-3-12(4-2-11)17-15(21)18(13-5-6-13)10-8-14(19)20/h1-4,13H,5-8,10H2,(H,17,21)(H,19,20). The van der Waals surface area contributed by atoms with Crippen LogP contribution in [0.3, 0.4) is 0 Å². The van der Waals surface area contributed by atoms with Crippen LogP contribution in [0.4, 0.5) is 10.5 Å². The van der Waals surface area contributed by atoms with Crippen molar-refractivity contribution in [1.82, 2.24) is 4.90 Å². The van der Waals surface area contributed by atoms with Crippen molar-refractivity contribution in [3.8, 4) is 6.07 Å². The second kappa shape index (κ2) is 6.75. The molecule has 0 unspecified atom stereocenters. The summed E-state index contributed by atoms with van der Waals surface area (Å²) in [5.41, 5.74) is 1.53. The largest absolute Gasteiger partial charge is 0.481 e. The Hall–Kier alpha value is -2.55. The summed E-state index contributed by atoms with van der Waals surface area (Å²) in [6.07, 6.45) is 2.13. The number of carbonyl (C=O) groups excluding carboxylic acids is 1. The Kier molecular flexibility index (Phi) is 4.77. The molecule has 0 saturated heterocycles. The van der Waals surface area contributed by atoms with Crippen molar-refractivity contribution in [2.45, 2.75) is 31.7 Å². The van der Waals surface area contributed by atoms with Crippen LogP contribution in [0.15, 0.2) is 24.3 Å². The zero-order valence-corrected chi connectivity index (χ0v) is 11.6. The molecule has 0 aliphatic heterocycles. The van der Waals surface area contributed by atoms with Gasteiger partial charge < -0.3 is 15.3 Å². The zero-order valence-electron chi connectivity index (χ0n) is 11.6. The summed E-state index contributed by atoms with van der Waals surface area (Å²) in [5.74, 6) is -0.908. The minimum absolute atomic E-state index is 0.0506. The molecule has 1 aromatic carbocycles. The molecule has 0 radical (unpaired) electrons. The highest BCUT2D eigenvalue weighted by Crippen LogP contribution is 2.27. The number of amides is 2. The summed E-state index contributed by atoms with van der Waals surface area (Å²) in [6.45, 7) is 0.221. The number of hydrogen-bond acceptors (Lipinski definition) is 3. The molecule has 0 atom stereocenters. The lowest BCUT2D eigenvalue weighted by molar-refractivity contribution is -0.137. The van der Waals surface area contributed by atoms with Gasteiger partial charge in [-0.05, 0) is 30.5 Å². The SMILES string of the molecule is N#CCc1ccc(NC(=O)N(CCC(=O)O)C2CC2)cc1. The van der Waals surface area contributed by atoms with Crippen molar-refractivity contribution in [2.75, 3.05) is 11.9 Å². The molecule has 0 heterocycles. The van der Waals surface area contributed by atoms with E-state index in [9.17, 15) is 9.59 Å². The topological polar surface area (TPSA) is 93.4 Å². The third-order valence-electron chi connectivity index (χ3n) is 3.30. The van der Waals surface area contributed by atoms with E-state index in [0.29, 0.717) is 12.1 Å². The minimum atomic E-state index is -0.908. The van der Waals surface area contributed by atoms with Crippen molar-refractivity contribution in [3.05, 3.63) is 29.8 Å². The predicted octanol–water partition coefficient (Wildman–Crippen LogP) is 2.22. The van der Waals surface area contributed by atoms with Crippen LogP contribution in [0.1, 0.15) is 24.8 Å². The Bertz CT molecular complexity index is 559. The zero-order chi connectivity index (χ0) is 15.2. The third-order valence-corrected chi connectivity index (χ3v) is 3.30. The van der Waals surface area contributed by atoms with Gasteiger partial charge in [-0.15, -0.1) is 0 Å². The summed E-state index contributed by atoms with van der Waals surface area (Å²) in [5, 5.41) is 20.1. The highest BCUT2D eigenvalue weighted by Gasteiger charge is 2.32. The molecule has 110 valence electrons. The molecule has 2 amide bonds. The van der Waals surface area contributed by atoms with Crippen molar-refractivity contribution in [3.63, 3.8) is 0 Å². The second-order valence-corrected chi connectivity index (χ2v) is 5.03. The number of hydrogen-bond donors (Lipinski definition) is 2. The Labute approximate surface area is 123 Å². The first-order valence-corrected chi connectivity index (χ1v) is 6.85. The normalized spacial score (nSPS) is 13.3. The second-order valence-electron chi connectivity index (χ2n) is 5.03. The van der Waals surface area contributed by atoms with Gasteiger partial charge in [0.15, 0.2) is 0 Å². The van der Waals surface area contributed by atoms with Gasteiger partial charge in [0.2, 0.25) is 0 Å². The number of carboxylic acid groups (broad SMARTS) is 1. The van der Waals surface area contributed by atoms with E-state index in [-0.39, 0.29) is 25.0 Å². The molecular weight excluding hydrogens is 270 g/mol. The molecule has 2 N–H and O–H groups in total. The number of aliphatic carboxylic acids is 1. The van der Waals surface area contributed by atoms with E-state index in [1.165, 1.54) is 0 Å². The smallest absolute Gasteiger partial charge is 0.322 e. The van der Waals surface area contributed by atoms with E-state index in [2.05, 4.69) is 11.4 Å². The Morgan fingerprint density at radius 2 is 2.00 bits per heavy atom. The monoisotopic (exact) mass is 287 g/mol. The van der Waals surface area contributed by atoms with Crippen molar-refractivity contribution in [2.24, 2.45) is 0 Å². The van der Waals surface area contributed by atoms with Crippen LogP contribution in [-0.2, 0) is 11.2 Å². The minimum Gasteiger partial charge on any atom is -0.481 e. The first-order valence-electron chi connectivity index (χ1n) is 6.85. The molecule has 0 bridgehead atoms. The molecule has 1 fully saturated rings. The fraction of sp³-hybridized carbons (Fsp3) is 0.400. The number of nitriles is 1. The molecular formula is C15H17N3O3. The Balaban J connectivity index is 1.94. The third kappa shape index (κ3) is 4.49. The summed E-state index contributed by atoms with van der Waals surface area (Å²) in [4.78, 5) is 24.4. The van der Waals surface area contributed by atoms with Gasteiger partial charge in [-0.3, -0.25) is 4.79 Å². The number of urea groups is 1. The van der Waals surface area contributed by atoms with E-state index in [1.54, 1.807) is 29.2 Å². The molecule has 1 aromatic rings. The number of carbonyl (C=O) groups is 2. The number of anilines is 1. The van der Waals surface area contributed by atoms with Crippen LogP contribution in [-0.4, -0.2) is 34.6 Å². The predicted molar refractivity (Wildman–Crippen MR) is 76.8 cm³/mol. The lowest BCUT2D eigenvalue weighted by atomic mass is 10.1. The fourth-order valence-corrected chi connectivity index (χ4v) is 2.04. The molecule has 1 aliphatic carbocycles. The molecule has 0 aromatic heterocycles. The van der Waals surface area contributed by atoms with Crippen LogP contribution < -0.4 is 5.32 Å². The van der Waals surface area contributed by atoms with Gasteiger partial charge in [0.05, 0.1) is 18.9 Å². The molecule has 0 spiro atoms. The summed E-state index contributed by atoms with van der Waals surface area (Å²) in [6, 6.07) is 9.01.